The van der Waals surface area contributed by atoms with E-state index in [0.717, 1.165) is 0 Å². The van der Waals surface area contributed by atoms with Gasteiger partial charge in [0, 0.05) is 6.42 Å². The number of hydrogen-bond donors (Lipinski definition) is 1. The van der Waals surface area contributed by atoms with E-state index in [1.807, 2.05) is 0 Å². The zero-order chi connectivity index (χ0) is 10.3. The summed E-state index contributed by atoms with van der Waals surface area (Å²) in [6, 6.07) is 0. The number of amides is 1. The summed E-state index contributed by atoms with van der Waals surface area (Å²) in [6.45, 7) is 3.36. The van der Waals surface area contributed by atoms with Gasteiger partial charge < -0.3 is 16.0 Å². The molecule has 0 bridgehead atoms. The predicted molar refractivity (Wildman–Crippen MR) is 44.0 cm³/mol. The Morgan fingerprint density at radius 1 is 1.69 bits per heavy atom. The molecule has 1 unspecified atom stereocenters. The lowest BCUT2D eigenvalue weighted by molar-refractivity contribution is -0.123. The second-order valence-electron chi connectivity index (χ2n) is 2.10. The summed E-state index contributed by atoms with van der Waals surface area (Å²) in [7, 11) is 0. The molecule has 6 heteroatoms. The molecular formula is C7H9N3O3. The smallest absolute Gasteiger partial charge is 0.405 e. The molecule has 0 radical (unpaired) electrons. The number of carbonyl (C=O) groups excluding carboxylic acids is 2. The third-order valence-electron chi connectivity index (χ3n) is 1.14. The van der Waals surface area contributed by atoms with Crippen LogP contribution in [-0.2, 0) is 9.53 Å². The second kappa shape index (κ2) is 5.68. The fraction of sp³-hybridized carbons (Fsp3) is 0.286. The van der Waals surface area contributed by atoms with Gasteiger partial charge in [0.2, 0.25) is 0 Å². The molecule has 0 saturated heterocycles. The maximum absolute atomic E-state index is 11.0. The van der Waals surface area contributed by atoms with Crippen molar-refractivity contribution in [3.05, 3.63) is 18.2 Å². The minimum absolute atomic E-state index is 0.119. The molecule has 0 aliphatic carbocycles. The highest BCUT2D eigenvalue weighted by atomic mass is 16.6. The number of ether oxygens (including phenoxy) is 1. The monoisotopic (exact) mass is 183 g/mol. The van der Waals surface area contributed by atoms with Crippen LogP contribution < -0.4 is 5.73 Å². The normalized spacial score (nSPS) is 10.8. The van der Waals surface area contributed by atoms with E-state index in [9.17, 15) is 9.59 Å². The van der Waals surface area contributed by atoms with Gasteiger partial charge in [0.25, 0.3) is 5.78 Å². The van der Waals surface area contributed by atoms with Crippen molar-refractivity contribution in [2.75, 3.05) is 0 Å². The molecule has 6 nitrogen and oxygen atoms in total. The highest BCUT2D eigenvalue weighted by Crippen LogP contribution is 1.99. The average molecular weight is 183 g/mol. The summed E-state index contributed by atoms with van der Waals surface area (Å²) in [6.07, 6.45) is 0.0131. The van der Waals surface area contributed by atoms with E-state index in [0.29, 0.717) is 6.21 Å². The molecule has 0 rings (SSSR count). The molecule has 70 valence electrons. The molecule has 0 aliphatic heterocycles. The largest absolute Gasteiger partial charge is 0.437 e. The first-order valence-corrected chi connectivity index (χ1v) is 3.40. The van der Waals surface area contributed by atoms with Gasteiger partial charge in [-0.3, -0.25) is 4.79 Å². The second-order valence-corrected chi connectivity index (χ2v) is 2.10. The van der Waals surface area contributed by atoms with Crippen molar-refractivity contribution in [3.8, 4) is 0 Å². The van der Waals surface area contributed by atoms with Crippen LogP contribution in [0.3, 0.4) is 0 Å². The maximum Gasteiger partial charge on any atom is 0.405 e. The lowest BCUT2D eigenvalue weighted by atomic mass is 10.2. The summed E-state index contributed by atoms with van der Waals surface area (Å²) < 4.78 is 4.42. The summed E-state index contributed by atoms with van der Waals surface area (Å²) in [5.74, 6) is -0.652. The minimum Gasteiger partial charge on any atom is -0.437 e. The molecule has 0 heterocycles. The third kappa shape index (κ3) is 4.49. The summed E-state index contributed by atoms with van der Waals surface area (Å²) >= 11 is 0. The van der Waals surface area contributed by atoms with Gasteiger partial charge in [0.05, 0.1) is 0 Å². The van der Waals surface area contributed by atoms with E-state index in [1.54, 1.807) is 0 Å². The van der Waals surface area contributed by atoms with Crippen LogP contribution in [0.25, 0.3) is 5.53 Å². The number of hydrogen-bond acceptors (Lipinski definition) is 3. The lowest BCUT2D eigenvalue weighted by Crippen LogP contribution is -2.30. The molecule has 1 atom stereocenters. The van der Waals surface area contributed by atoms with Gasteiger partial charge in [-0.1, -0.05) is 6.08 Å². The van der Waals surface area contributed by atoms with Crippen molar-refractivity contribution < 1.29 is 19.1 Å². The van der Waals surface area contributed by atoms with E-state index < -0.39 is 18.0 Å². The van der Waals surface area contributed by atoms with Crippen molar-refractivity contribution in [2.24, 2.45) is 5.73 Å². The summed E-state index contributed by atoms with van der Waals surface area (Å²) in [5, 5.41) is 0. The van der Waals surface area contributed by atoms with E-state index in [4.69, 9.17) is 11.3 Å². The molecule has 0 aromatic rings. The Balaban J connectivity index is 4.39. The highest BCUT2D eigenvalue weighted by molar-refractivity contribution is 6.27. The van der Waals surface area contributed by atoms with Crippen molar-refractivity contribution in [1.82, 2.24) is 0 Å². The Labute approximate surface area is 74.6 Å². The first kappa shape index (κ1) is 11.1. The Morgan fingerprint density at radius 2 is 2.31 bits per heavy atom. The molecule has 13 heavy (non-hydrogen) atoms. The fourth-order valence-electron chi connectivity index (χ4n) is 0.654. The van der Waals surface area contributed by atoms with Crippen molar-refractivity contribution in [1.29, 1.82) is 0 Å². The van der Waals surface area contributed by atoms with Gasteiger partial charge in [-0.25, -0.2) is 4.79 Å². The van der Waals surface area contributed by atoms with Crippen LogP contribution in [0, 0.1) is 0 Å². The number of nitrogens with two attached hydrogens (primary N) is 1. The van der Waals surface area contributed by atoms with Gasteiger partial charge in [-0.15, -0.1) is 6.58 Å². The number of primary amides is 1. The third-order valence-corrected chi connectivity index (χ3v) is 1.14. The predicted octanol–water partition coefficient (Wildman–Crippen LogP) is -0.104. The Bertz CT molecular complexity index is 268. The van der Waals surface area contributed by atoms with Gasteiger partial charge in [0.1, 0.15) is 0 Å². The molecule has 0 aromatic heterocycles. The van der Waals surface area contributed by atoms with E-state index >= 15 is 0 Å². The fourth-order valence-corrected chi connectivity index (χ4v) is 0.654. The number of nitrogens with zero attached hydrogens (tertiary/aromatic N) is 2. The number of Topliss-reactive ketones (excluding diaryl/α,β-unsaturated/α-hetero) is 1. The van der Waals surface area contributed by atoms with Gasteiger partial charge in [0.15, 0.2) is 6.10 Å². The quantitative estimate of drug-likeness (QED) is 0.278. The van der Waals surface area contributed by atoms with Gasteiger partial charge in [-0.2, -0.15) is 4.79 Å². The molecule has 0 saturated carbocycles. The first-order chi connectivity index (χ1) is 6.11. The molecule has 0 aliphatic rings. The average Bonchev–Trinajstić information content (AvgIpc) is 2.03. The van der Waals surface area contributed by atoms with Crippen LogP contribution in [-0.4, -0.2) is 29.0 Å². The Hall–Kier alpha value is -1.94. The van der Waals surface area contributed by atoms with E-state index in [-0.39, 0.29) is 6.42 Å². The molecule has 0 spiro atoms. The molecule has 2 N–H and O–H groups in total. The Kier molecular flexibility index (Phi) is 4.83. The van der Waals surface area contributed by atoms with Crippen molar-refractivity contribution in [3.63, 3.8) is 0 Å². The number of carbonyl (C=O) groups is 2. The number of rotatable bonds is 5. The van der Waals surface area contributed by atoms with Crippen molar-refractivity contribution >= 4 is 18.1 Å². The molecule has 1 amide bonds. The van der Waals surface area contributed by atoms with Crippen LogP contribution in [0.4, 0.5) is 4.79 Å². The minimum atomic E-state index is -1.06. The van der Waals surface area contributed by atoms with Crippen LogP contribution >= 0.6 is 0 Å². The van der Waals surface area contributed by atoms with Crippen LogP contribution in [0.1, 0.15) is 6.42 Å². The van der Waals surface area contributed by atoms with Crippen LogP contribution in [0.5, 0.6) is 0 Å². The summed E-state index contributed by atoms with van der Waals surface area (Å²) in [4.78, 5) is 23.8. The van der Waals surface area contributed by atoms with E-state index in [2.05, 4.69) is 16.1 Å². The first-order valence-electron chi connectivity index (χ1n) is 3.40. The standard InChI is InChI=1S/C7H9N3O3/c1-2-3-6(13-7(8)12)5(11)4-10-9/h2,4,6H,1,3H2,(H2,8,12). The topological polar surface area (TPSA) is 106 Å². The SMILES string of the molecule is C=CCC(OC(N)=O)C(=O)C=[N+]=[N-]. The lowest BCUT2D eigenvalue weighted by Gasteiger charge is -2.08. The maximum atomic E-state index is 11.0. The molecule has 0 aromatic carbocycles. The van der Waals surface area contributed by atoms with E-state index in [1.165, 1.54) is 6.08 Å². The molecule has 0 fully saturated rings. The summed E-state index contributed by atoms with van der Waals surface area (Å²) in [5.41, 5.74) is 12.7. The van der Waals surface area contributed by atoms with Crippen LogP contribution in [0.15, 0.2) is 12.7 Å². The highest BCUT2D eigenvalue weighted by Gasteiger charge is 2.21. The molecular weight excluding hydrogens is 174 g/mol. The van der Waals surface area contributed by atoms with Gasteiger partial charge >= 0.3 is 12.3 Å². The Morgan fingerprint density at radius 3 is 2.69 bits per heavy atom. The van der Waals surface area contributed by atoms with Crippen LogP contribution in [0.2, 0.25) is 0 Å². The van der Waals surface area contributed by atoms with Gasteiger partial charge in [-0.05, 0) is 0 Å². The number of ketones is 1. The zero-order valence-corrected chi connectivity index (χ0v) is 6.84. The van der Waals surface area contributed by atoms with Crippen molar-refractivity contribution in [2.45, 2.75) is 12.5 Å². The zero-order valence-electron chi connectivity index (χ0n) is 6.84.